The summed E-state index contributed by atoms with van der Waals surface area (Å²) in [5.74, 6) is 1.59. The third kappa shape index (κ3) is 4.33. The Bertz CT molecular complexity index is 684. The largest absolute Gasteiger partial charge is 0.454 e. The van der Waals surface area contributed by atoms with Gasteiger partial charge < -0.3 is 20.1 Å². The van der Waals surface area contributed by atoms with Gasteiger partial charge in [-0.2, -0.15) is 0 Å². The fraction of sp³-hybridized carbons (Fsp3) is 0.421. The van der Waals surface area contributed by atoms with Crippen molar-refractivity contribution >= 4 is 5.91 Å². The van der Waals surface area contributed by atoms with Crippen molar-refractivity contribution in [2.45, 2.75) is 32.7 Å². The molecule has 0 aromatic heterocycles. The summed E-state index contributed by atoms with van der Waals surface area (Å²) in [6, 6.07) is 6.36. The van der Waals surface area contributed by atoms with Crippen LogP contribution in [0.3, 0.4) is 0 Å². The van der Waals surface area contributed by atoms with Crippen LogP contribution in [-0.2, 0) is 11.2 Å². The fourth-order valence-electron chi connectivity index (χ4n) is 3.02. The summed E-state index contributed by atoms with van der Waals surface area (Å²) < 4.78 is 10.8. The lowest BCUT2D eigenvalue weighted by Crippen LogP contribution is -2.43. The van der Waals surface area contributed by atoms with Crippen molar-refractivity contribution in [1.82, 2.24) is 15.5 Å². The van der Waals surface area contributed by atoms with Crippen molar-refractivity contribution in [2.24, 2.45) is 0 Å². The van der Waals surface area contributed by atoms with Gasteiger partial charge in [-0.25, -0.2) is 0 Å². The van der Waals surface area contributed by atoms with Gasteiger partial charge in [-0.05, 0) is 50.2 Å². The first-order valence-electron chi connectivity index (χ1n) is 8.68. The maximum absolute atomic E-state index is 12.2. The highest BCUT2D eigenvalue weighted by Crippen LogP contribution is 2.32. The minimum atomic E-state index is -0.0226. The van der Waals surface area contributed by atoms with Crippen LogP contribution in [0.1, 0.15) is 25.8 Å². The van der Waals surface area contributed by atoms with Crippen LogP contribution in [0.4, 0.5) is 0 Å². The van der Waals surface area contributed by atoms with Gasteiger partial charge in [0.15, 0.2) is 11.5 Å². The smallest absolute Gasteiger partial charge is 0.249 e. The summed E-state index contributed by atoms with van der Waals surface area (Å²) in [4.78, 5) is 14.5. The molecule has 0 aliphatic carbocycles. The molecule has 1 aromatic carbocycles. The molecule has 25 heavy (non-hydrogen) atoms. The topological polar surface area (TPSA) is 62.8 Å². The Morgan fingerprint density at radius 1 is 1.36 bits per heavy atom. The molecule has 6 nitrogen and oxygen atoms in total. The summed E-state index contributed by atoms with van der Waals surface area (Å²) in [6.45, 7) is 5.96. The second-order valence-electron chi connectivity index (χ2n) is 6.25. The summed E-state index contributed by atoms with van der Waals surface area (Å²) >= 11 is 0. The van der Waals surface area contributed by atoms with Gasteiger partial charge in [-0.1, -0.05) is 19.1 Å². The van der Waals surface area contributed by atoms with Gasteiger partial charge in [0.2, 0.25) is 12.7 Å². The van der Waals surface area contributed by atoms with E-state index in [1.165, 1.54) is 5.56 Å². The molecule has 2 aliphatic heterocycles. The van der Waals surface area contributed by atoms with Crippen LogP contribution in [0.2, 0.25) is 0 Å². The second kappa shape index (κ2) is 8.07. The summed E-state index contributed by atoms with van der Waals surface area (Å²) in [5.41, 5.74) is 1.95. The van der Waals surface area contributed by atoms with Crippen molar-refractivity contribution in [3.63, 3.8) is 0 Å². The highest BCUT2D eigenvalue weighted by atomic mass is 16.7. The number of hydrogen-bond donors (Lipinski definition) is 2. The molecule has 1 unspecified atom stereocenters. The van der Waals surface area contributed by atoms with E-state index < -0.39 is 0 Å². The normalized spacial score (nSPS) is 16.4. The molecule has 0 spiro atoms. The molecule has 2 heterocycles. The van der Waals surface area contributed by atoms with E-state index in [2.05, 4.69) is 35.4 Å². The van der Waals surface area contributed by atoms with Crippen LogP contribution in [-0.4, -0.2) is 36.9 Å². The summed E-state index contributed by atoms with van der Waals surface area (Å²) in [5, 5.41) is 5.97. The maximum Gasteiger partial charge on any atom is 0.249 e. The molecule has 0 radical (unpaired) electrons. The molecule has 1 aromatic rings. The molecule has 0 saturated heterocycles. The van der Waals surface area contributed by atoms with E-state index in [0.29, 0.717) is 25.9 Å². The quantitative estimate of drug-likeness (QED) is 0.743. The molecule has 0 bridgehead atoms. The molecule has 6 heteroatoms. The first-order valence-corrected chi connectivity index (χ1v) is 8.68. The number of benzene rings is 1. The molecular formula is C19H25N3O3. The van der Waals surface area contributed by atoms with Gasteiger partial charge in [0.1, 0.15) is 0 Å². The van der Waals surface area contributed by atoms with Crippen molar-refractivity contribution < 1.29 is 14.3 Å². The molecule has 134 valence electrons. The molecular weight excluding hydrogens is 318 g/mol. The van der Waals surface area contributed by atoms with E-state index in [4.69, 9.17) is 9.47 Å². The van der Waals surface area contributed by atoms with Crippen molar-refractivity contribution in [2.75, 3.05) is 20.0 Å². The standard InChI is InChI=1S/C19H25N3O3/c1-3-22(12-21-19(23)16-5-4-8-20-11-16)14(2)9-15-6-7-17-18(10-15)25-13-24-17/h4,6-8,10-11,14,20H,3,5,9,12-13H2,1-2H3,(H,21,23). The summed E-state index contributed by atoms with van der Waals surface area (Å²) in [7, 11) is 0. The zero-order valence-electron chi connectivity index (χ0n) is 14.7. The zero-order valence-corrected chi connectivity index (χ0v) is 14.7. The predicted molar refractivity (Wildman–Crippen MR) is 96.1 cm³/mol. The Kier molecular flexibility index (Phi) is 5.60. The predicted octanol–water partition coefficient (Wildman–Crippen LogP) is 2.13. The first-order chi connectivity index (χ1) is 12.2. The number of likely N-dealkylation sites (N-methyl/N-ethyl adjacent to an activating group) is 1. The lowest BCUT2D eigenvalue weighted by molar-refractivity contribution is -0.118. The molecule has 1 amide bonds. The van der Waals surface area contributed by atoms with Gasteiger partial charge >= 0.3 is 0 Å². The number of fused-ring (bicyclic) bond motifs is 1. The van der Waals surface area contributed by atoms with E-state index >= 15 is 0 Å². The molecule has 0 fully saturated rings. The van der Waals surface area contributed by atoms with Crippen LogP contribution < -0.4 is 20.1 Å². The monoisotopic (exact) mass is 343 g/mol. The number of ether oxygens (including phenoxy) is 2. The second-order valence-corrected chi connectivity index (χ2v) is 6.25. The number of carbonyl (C=O) groups excluding carboxylic acids is 1. The average molecular weight is 343 g/mol. The van der Waals surface area contributed by atoms with Gasteiger partial charge in [-0.3, -0.25) is 9.69 Å². The minimum Gasteiger partial charge on any atom is -0.454 e. The Morgan fingerprint density at radius 3 is 2.96 bits per heavy atom. The number of allylic oxidation sites excluding steroid dienone is 1. The van der Waals surface area contributed by atoms with Gasteiger partial charge in [-0.15, -0.1) is 0 Å². The molecule has 2 aliphatic rings. The van der Waals surface area contributed by atoms with Crippen molar-refractivity contribution in [3.05, 3.63) is 47.8 Å². The number of rotatable bonds is 7. The number of hydrogen-bond acceptors (Lipinski definition) is 5. The number of carbonyl (C=O) groups is 1. The minimum absolute atomic E-state index is 0.0226. The fourth-order valence-corrected chi connectivity index (χ4v) is 3.02. The zero-order chi connectivity index (χ0) is 17.6. The highest BCUT2D eigenvalue weighted by molar-refractivity contribution is 5.93. The molecule has 1 atom stereocenters. The third-order valence-corrected chi connectivity index (χ3v) is 4.54. The molecule has 0 saturated carbocycles. The van der Waals surface area contributed by atoms with E-state index in [0.717, 1.165) is 30.0 Å². The highest BCUT2D eigenvalue weighted by Gasteiger charge is 2.18. The van der Waals surface area contributed by atoms with Crippen LogP contribution >= 0.6 is 0 Å². The molecule has 3 rings (SSSR count). The SMILES string of the molecule is CCN(CNC(=O)C1=CNC=CC1)C(C)Cc1ccc2c(c1)OCO2. The Labute approximate surface area is 148 Å². The van der Waals surface area contributed by atoms with E-state index in [-0.39, 0.29) is 5.91 Å². The molecule has 2 N–H and O–H groups in total. The van der Waals surface area contributed by atoms with Gasteiger partial charge in [0.25, 0.3) is 0 Å². The Hall–Kier alpha value is -2.47. The van der Waals surface area contributed by atoms with Crippen molar-refractivity contribution in [1.29, 1.82) is 0 Å². The summed E-state index contributed by atoms with van der Waals surface area (Å²) in [6.07, 6.45) is 7.07. The van der Waals surface area contributed by atoms with Crippen molar-refractivity contribution in [3.8, 4) is 11.5 Å². The van der Waals surface area contributed by atoms with E-state index in [1.807, 2.05) is 24.4 Å². The van der Waals surface area contributed by atoms with Crippen LogP contribution in [0.5, 0.6) is 11.5 Å². The first kappa shape index (κ1) is 17.4. The maximum atomic E-state index is 12.2. The number of amides is 1. The number of nitrogens with zero attached hydrogens (tertiary/aromatic N) is 1. The Morgan fingerprint density at radius 2 is 2.20 bits per heavy atom. The Balaban J connectivity index is 1.53. The average Bonchev–Trinajstić information content (AvgIpc) is 3.10. The lowest BCUT2D eigenvalue weighted by atomic mass is 10.1. The van der Waals surface area contributed by atoms with Crippen LogP contribution in [0.15, 0.2) is 42.2 Å². The van der Waals surface area contributed by atoms with E-state index in [9.17, 15) is 4.79 Å². The van der Waals surface area contributed by atoms with Crippen LogP contribution in [0, 0.1) is 0 Å². The third-order valence-electron chi connectivity index (χ3n) is 4.54. The van der Waals surface area contributed by atoms with E-state index in [1.54, 1.807) is 6.20 Å². The lowest BCUT2D eigenvalue weighted by Gasteiger charge is -2.28. The number of nitrogens with one attached hydrogen (secondary N) is 2. The number of dihydropyridines is 1. The van der Waals surface area contributed by atoms with Gasteiger partial charge in [0.05, 0.1) is 6.67 Å². The van der Waals surface area contributed by atoms with Crippen LogP contribution in [0.25, 0.3) is 0 Å². The van der Waals surface area contributed by atoms with Gasteiger partial charge in [0, 0.05) is 17.8 Å².